The lowest BCUT2D eigenvalue weighted by Crippen LogP contribution is -2.38. The summed E-state index contributed by atoms with van der Waals surface area (Å²) in [6.07, 6.45) is 0.778. The van der Waals surface area contributed by atoms with Gasteiger partial charge in [-0.2, -0.15) is 8.42 Å². The zero-order chi connectivity index (χ0) is 18.9. The minimum atomic E-state index is -4.00. The summed E-state index contributed by atoms with van der Waals surface area (Å²) in [5, 5.41) is 9.27. The van der Waals surface area contributed by atoms with Gasteiger partial charge in [-0.1, -0.05) is 6.08 Å². The first-order chi connectivity index (χ1) is 12.2. The van der Waals surface area contributed by atoms with Crippen LogP contribution < -0.4 is 0 Å². The zero-order valence-corrected chi connectivity index (χ0v) is 15.5. The van der Waals surface area contributed by atoms with Gasteiger partial charge in [-0.25, -0.2) is 0 Å². The molecule has 1 aromatic rings. The monoisotopic (exact) mass is 386 g/mol. The predicted molar refractivity (Wildman–Crippen MR) is 89.6 cm³/mol. The van der Waals surface area contributed by atoms with Gasteiger partial charge < -0.3 is 24.1 Å². The highest BCUT2D eigenvalue weighted by Gasteiger charge is 2.56. The summed E-state index contributed by atoms with van der Waals surface area (Å²) >= 11 is 0. The molecule has 1 N–H and O–H groups in total. The smallest absolute Gasteiger partial charge is 0.297 e. The van der Waals surface area contributed by atoms with Gasteiger partial charge in [-0.15, -0.1) is 0 Å². The normalized spacial score (nSPS) is 30.6. The van der Waals surface area contributed by atoms with Crippen LogP contribution in [0.1, 0.15) is 20.8 Å². The SMILES string of the molecule is C/C=C\O[C@@H]1[C@H]2OC(C)(C)O[C@H]2O[C@@H]1COS(=O)(=O)c1ccc(O)cc1. The van der Waals surface area contributed by atoms with Crippen LogP contribution >= 0.6 is 0 Å². The molecule has 0 aromatic heterocycles. The Kier molecular flexibility index (Phi) is 5.27. The maximum Gasteiger partial charge on any atom is 0.297 e. The molecule has 2 aliphatic heterocycles. The number of allylic oxidation sites excluding steroid dienone is 1. The number of aromatic hydroxyl groups is 1. The van der Waals surface area contributed by atoms with Crippen molar-refractivity contribution < 1.29 is 36.7 Å². The van der Waals surface area contributed by atoms with E-state index in [4.69, 9.17) is 23.1 Å². The van der Waals surface area contributed by atoms with E-state index in [-0.39, 0.29) is 17.3 Å². The molecule has 2 saturated heterocycles. The number of benzene rings is 1. The van der Waals surface area contributed by atoms with E-state index in [1.165, 1.54) is 30.5 Å². The highest BCUT2D eigenvalue weighted by atomic mass is 32.2. The molecule has 2 heterocycles. The molecule has 0 spiro atoms. The fourth-order valence-corrected chi connectivity index (χ4v) is 3.77. The second kappa shape index (κ2) is 7.16. The van der Waals surface area contributed by atoms with Crippen molar-refractivity contribution in [2.75, 3.05) is 6.61 Å². The Morgan fingerprint density at radius 3 is 2.58 bits per heavy atom. The first-order valence-corrected chi connectivity index (χ1v) is 9.59. The van der Waals surface area contributed by atoms with Crippen molar-refractivity contribution in [2.45, 2.75) is 56.1 Å². The van der Waals surface area contributed by atoms with Gasteiger partial charge in [-0.05, 0) is 45.0 Å². The Bertz CT molecular complexity index is 755. The average Bonchev–Trinajstić information content (AvgIpc) is 3.03. The number of hydrogen-bond donors (Lipinski definition) is 1. The van der Waals surface area contributed by atoms with Crippen molar-refractivity contribution in [1.29, 1.82) is 0 Å². The average molecular weight is 386 g/mol. The van der Waals surface area contributed by atoms with Crippen molar-refractivity contribution in [3.8, 4) is 5.75 Å². The second-order valence-corrected chi connectivity index (χ2v) is 8.06. The molecular weight excluding hydrogens is 364 g/mol. The molecule has 2 fully saturated rings. The van der Waals surface area contributed by atoms with E-state index in [1.54, 1.807) is 26.8 Å². The lowest BCUT2D eigenvalue weighted by Gasteiger charge is -2.25. The van der Waals surface area contributed by atoms with Crippen LogP contribution in [0.3, 0.4) is 0 Å². The minimum absolute atomic E-state index is 0.0346. The van der Waals surface area contributed by atoms with Crippen molar-refractivity contribution >= 4 is 10.1 Å². The molecule has 0 radical (unpaired) electrons. The molecular formula is C17H22O8S. The number of ether oxygens (including phenoxy) is 4. The third kappa shape index (κ3) is 4.02. The summed E-state index contributed by atoms with van der Waals surface area (Å²) in [6, 6.07) is 5.07. The van der Waals surface area contributed by atoms with E-state index in [1.807, 2.05) is 0 Å². The molecule has 0 amide bonds. The summed E-state index contributed by atoms with van der Waals surface area (Å²) in [6.45, 7) is 5.07. The van der Waals surface area contributed by atoms with Gasteiger partial charge in [-0.3, -0.25) is 4.18 Å². The molecule has 2 aliphatic rings. The zero-order valence-electron chi connectivity index (χ0n) is 14.7. The number of phenols is 1. The molecule has 144 valence electrons. The largest absolute Gasteiger partial charge is 0.508 e. The Balaban J connectivity index is 1.69. The van der Waals surface area contributed by atoms with E-state index in [0.717, 1.165) is 0 Å². The Hall–Kier alpha value is -1.65. The molecule has 26 heavy (non-hydrogen) atoms. The first kappa shape index (κ1) is 19.1. The van der Waals surface area contributed by atoms with Gasteiger partial charge in [0.25, 0.3) is 10.1 Å². The second-order valence-electron chi connectivity index (χ2n) is 6.45. The third-order valence-electron chi connectivity index (χ3n) is 3.97. The molecule has 9 heteroatoms. The predicted octanol–water partition coefficient (Wildman–Crippen LogP) is 1.89. The lowest BCUT2D eigenvalue weighted by atomic mass is 10.1. The van der Waals surface area contributed by atoms with E-state index in [2.05, 4.69) is 0 Å². The van der Waals surface area contributed by atoms with Crippen LogP contribution in [0.25, 0.3) is 0 Å². The summed E-state index contributed by atoms with van der Waals surface area (Å²) in [5.74, 6) is -0.843. The number of fused-ring (bicyclic) bond motifs is 1. The van der Waals surface area contributed by atoms with Crippen molar-refractivity contribution in [1.82, 2.24) is 0 Å². The third-order valence-corrected chi connectivity index (χ3v) is 5.27. The van der Waals surface area contributed by atoms with Gasteiger partial charge in [0.2, 0.25) is 0 Å². The van der Waals surface area contributed by atoms with Crippen LogP contribution in [0.5, 0.6) is 5.75 Å². The highest BCUT2D eigenvalue weighted by molar-refractivity contribution is 7.86. The standard InChI is InChI=1S/C17H22O8S/c1-4-9-21-14-13(23-16-15(14)24-17(2,3)25-16)10-22-26(19,20)12-7-5-11(18)6-8-12/h4-9,13-16,18H,10H2,1-3H3/b9-4-/t13-,14+,15-,16-/m1/s1. The van der Waals surface area contributed by atoms with Gasteiger partial charge in [0.15, 0.2) is 24.3 Å². The lowest BCUT2D eigenvalue weighted by molar-refractivity contribution is -0.217. The molecule has 0 bridgehead atoms. The minimum Gasteiger partial charge on any atom is -0.508 e. The number of hydrogen-bond acceptors (Lipinski definition) is 8. The van der Waals surface area contributed by atoms with Gasteiger partial charge in [0.05, 0.1) is 17.8 Å². The summed E-state index contributed by atoms with van der Waals surface area (Å²) in [5.41, 5.74) is 0. The van der Waals surface area contributed by atoms with Crippen molar-refractivity contribution in [2.24, 2.45) is 0 Å². The molecule has 8 nitrogen and oxygen atoms in total. The fraction of sp³-hybridized carbons (Fsp3) is 0.529. The van der Waals surface area contributed by atoms with E-state index >= 15 is 0 Å². The maximum atomic E-state index is 12.3. The van der Waals surface area contributed by atoms with Crippen LogP contribution in [-0.2, 0) is 33.2 Å². The van der Waals surface area contributed by atoms with Crippen LogP contribution in [-0.4, -0.2) is 50.5 Å². The van der Waals surface area contributed by atoms with Gasteiger partial charge >= 0.3 is 0 Å². The van der Waals surface area contributed by atoms with E-state index in [0.29, 0.717) is 0 Å². The topological polar surface area (TPSA) is 101 Å². The summed E-state index contributed by atoms with van der Waals surface area (Å²) in [7, 11) is -4.00. The summed E-state index contributed by atoms with van der Waals surface area (Å²) in [4.78, 5) is -0.0620. The quantitative estimate of drug-likeness (QED) is 0.584. The molecule has 4 atom stereocenters. The number of phenolic OH excluding ortho intramolecular Hbond substituents is 1. The van der Waals surface area contributed by atoms with Crippen molar-refractivity contribution in [3.05, 3.63) is 36.6 Å². The molecule has 0 aliphatic carbocycles. The van der Waals surface area contributed by atoms with E-state index < -0.39 is 40.5 Å². The Morgan fingerprint density at radius 2 is 1.92 bits per heavy atom. The Morgan fingerprint density at radius 1 is 1.23 bits per heavy atom. The molecule has 3 rings (SSSR count). The molecule has 0 unspecified atom stereocenters. The van der Waals surface area contributed by atoms with Crippen LogP contribution in [0.15, 0.2) is 41.5 Å². The highest BCUT2D eigenvalue weighted by Crippen LogP contribution is 2.39. The van der Waals surface area contributed by atoms with Crippen LogP contribution in [0.2, 0.25) is 0 Å². The van der Waals surface area contributed by atoms with E-state index in [9.17, 15) is 13.5 Å². The number of rotatable bonds is 6. The van der Waals surface area contributed by atoms with Gasteiger partial charge in [0, 0.05) is 0 Å². The summed E-state index contributed by atoms with van der Waals surface area (Å²) < 4.78 is 52.6. The van der Waals surface area contributed by atoms with Crippen LogP contribution in [0, 0.1) is 0 Å². The van der Waals surface area contributed by atoms with Gasteiger partial charge in [0.1, 0.15) is 11.9 Å². The molecule has 1 aromatic carbocycles. The first-order valence-electron chi connectivity index (χ1n) is 8.18. The van der Waals surface area contributed by atoms with Crippen molar-refractivity contribution in [3.63, 3.8) is 0 Å². The fourth-order valence-electron chi connectivity index (χ4n) is 2.85. The van der Waals surface area contributed by atoms with Crippen LogP contribution in [0.4, 0.5) is 0 Å². The Labute approximate surface area is 152 Å². The molecule has 0 saturated carbocycles. The maximum absolute atomic E-state index is 12.3.